The van der Waals surface area contributed by atoms with Gasteiger partial charge in [0, 0.05) is 30.7 Å². The Kier molecular flexibility index (Phi) is 4.24. The zero-order valence-electron chi connectivity index (χ0n) is 13.0. The molecule has 2 aromatic heterocycles. The number of rotatable bonds is 4. The van der Waals surface area contributed by atoms with Crippen LogP contribution in [0.15, 0.2) is 30.6 Å². The van der Waals surface area contributed by atoms with Gasteiger partial charge in [0.2, 0.25) is 0 Å². The molecule has 1 saturated heterocycles. The van der Waals surface area contributed by atoms with Crippen LogP contribution in [0.25, 0.3) is 5.69 Å². The maximum Gasteiger partial charge on any atom is 0.253 e. The third-order valence-corrected chi connectivity index (χ3v) is 4.09. The van der Waals surface area contributed by atoms with Crippen LogP contribution in [0.3, 0.4) is 0 Å². The molecular formula is C17H21N3O2. The first kappa shape index (κ1) is 14.8. The standard InChI is InChI=1S/C17H21N3O2/c1-12-9-16(17(21)19-11-15-6-4-8-22-15)13(2)20(12)14-5-3-7-18-10-14/h3,5,7,9-10,15H,4,6,8,11H2,1-2H3,(H,19,21)/t15-/m1/s1. The molecule has 1 atom stereocenters. The van der Waals surface area contributed by atoms with Crippen molar-refractivity contribution < 1.29 is 9.53 Å². The molecule has 22 heavy (non-hydrogen) atoms. The van der Waals surface area contributed by atoms with Crippen molar-refractivity contribution in [3.63, 3.8) is 0 Å². The van der Waals surface area contributed by atoms with Crippen molar-refractivity contribution in [1.82, 2.24) is 14.9 Å². The lowest BCUT2D eigenvalue weighted by Gasteiger charge is -2.11. The maximum absolute atomic E-state index is 12.4. The molecule has 1 aliphatic rings. The van der Waals surface area contributed by atoms with E-state index in [-0.39, 0.29) is 12.0 Å². The average Bonchev–Trinajstić information content (AvgIpc) is 3.14. The van der Waals surface area contributed by atoms with Gasteiger partial charge in [-0.05, 0) is 44.9 Å². The normalized spacial score (nSPS) is 17.6. The molecule has 0 unspecified atom stereocenters. The Morgan fingerprint density at radius 3 is 3.05 bits per heavy atom. The highest BCUT2D eigenvalue weighted by molar-refractivity contribution is 5.95. The van der Waals surface area contributed by atoms with Gasteiger partial charge in [0.05, 0.1) is 23.6 Å². The molecule has 1 aliphatic heterocycles. The average molecular weight is 299 g/mol. The van der Waals surface area contributed by atoms with E-state index in [9.17, 15) is 4.79 Å². The molecule has 116 valence electrons. The van der Waals surface area contributed by atoms with Gasteiger partial charge in [0.1, 0.15) is 0 Å². The van der Waals surface area contributed by atoms with E-state index in [1.54, 1.807) is 12.4 Å². The molecule has 3 rings (SSSR count). The van der Waals surface area contributed by atoms with E-state index in [2.05, 4.69) is 10.3 Å². The lowest BCUT2D eigenvalue weighted by Crippen LogP contribution is -2.32. The first-order valence-electron chi connectivity index (χ1n) is 7.66. The van der Waals surface area contributed by atoms with Gasteiger partial charge in [-0.15, -0.1) is 0 Å². The summed E-state index contributed by atoms with van der Waals surface area (Å²) in [7, 11) is 0. The van der Waals surface area contributed by atoms with Crippen LogP contribution in [-0.2, 0) is 4.74 Å². The summed E-state index contributed by atoms with van der Waals surface area (Å²) < 4.78 is 7.59. The third-order valence-electron chi connectivity index (χ3n) is 4.09. The van der Waals surface area contributed by atoms with Crippen LogP contribution < -0.4 is 5.32 Å². The minimum atomic E-state index is -0.0428. The second-order valence-electron chi connectivity index (χ2n) is 5.68. The topological polar surface area (TPSA) is 56.1 Å². The van der Waals surface area contributed by atoms with E-state index in [4.69, 9.17) is 4.74 Å². The Bertz CT molecular complexity index is 658. The first-order valence-corrected chi connectivity index (χ1v) is 7.66. The molecule has 0 saturated carbocycles. The van der Waals surface area contributed by atoms with Crippen molar-refractivity contribution >= 4 is 5.91 Å². The fraction of sp³-hybridized carbons (Fsp3) is 0.412. The number of aryl methyl sites for hydroxylation is 1. The van der Waals surface area contributed by atoms with Crippen molar-refractivity contribution in [3.05, 3.63) is 47.5 Å². The van der Waals surface area contributed by atoms with Gasteiger partial charge < -0.3 is 14.6 Å². The Hall–Kier alpha value is -2.14. The van der Waals surface area contributed by atoms with Gasteiger partial charge in [-0.1, -0.05) is 0 Å². The molecule has 1 amide bonds. The predicted octanol–water partition coefficient (Wildman–Crippen LogP) is 2.40. The molecule has 0 aromatic carbocycles. The van der Waals surface area contributed by atoms with Gasteiger partial charge in [0.25, 0.3) is 5.91 Å². The number of amides is 1. The number of carbonyl (C=O) groups excluding carboxylic acids is 1. The highest BCUT2D eigenvalue weighted by Crippen LogP contribution is 2.20. The van der Waals surface area contributed by atoms with E-state index >= 15 is 0 Å². The molecule has 0 aliphatic carbocycles. The van der Waals surface area contributed by atoms with Gasteiger partial charge in [0.15, 0.2) is 0 Å². The number of carbonyl (C=O) groups is 1. The van der Waals surface area contributed by atoms with Crippen molar-refractivity contribution in [2.45, 2.75) is 32.8 Å². The highest BCUT2D eigenvalue weighted by atomic mass is 16.5. The van der Waals surface area contributed by atoms with Crippen LogP contribution in [-0.4, -0.2) is 34.7 Å². The first-order chi connectivity index (χ1) is 10.7. The molecule has 2 aromatic rings. The van der Waals surface area contributed by atoms with Gasteiger partial charge >= 0.3 is 0 Å². The summed E-state index contributed by atoms with van der Waals surface area (Å²) in [5.41, 5.74) is 3.62. The molecule has 0 spiro atoms. The van der Waals surface area contributed by atoms with Crippen molar-refractivity contribution in [2.75, 3.05) is 13.2 Å². The van der Waals surface area contributed by atoms with Gasteiger partial charge in [-0.25, -0.2) is 0 Å². The van der Waals surface area contributed by atoms with E-state index in [1.807, 2.05) is 36.6 Å². The lowest BCUT2D eigenvalue weighted by molar-refractivity contribution is 0.0857. The molecule has 5 heteroatoms. The van der Waals surface area contributed by atoms with Crippen LogP contribution >= 0.6 is 0 Å². The number of hydrogen-bond donors (Lipinski definition) is 1. The molecule has 3 heterocycles. The fourth-order valence-corrected chi connectivity index (χ4v) is 2.98. The SMILES string of the molecule is Cc1cc(C(=O)NC[C@H]2CCCO2)c(C)n1-c1cccnc1. The summed E-state index contributed by atoms with van der Waals surface area (Å²) in [5.74, 6) is -0.0428. The monoisotopic (exact) mass is 299 g/mol. The maximum atomic E-state index is 12.4. The number of nitrogens with one attached hydrogen (secondary N) is 1. The largest absolute Gasteiger partial charge is 0.376 e. The third kappa shape index (κ3) is 2.90. The predicted molar refractivity (Wildman–Crippen MR) is 84.3 cm³/mol. The lowest BCUT2D eigenvalue weighted by atomic mass is 10.2. The van der Waals surface area contributed by atoms with E-state index in [0.29, 0.717) is 12.1 Å². The molecule has 0 radical (unpaired) electrons. The van der Waals surface area contributed by atoms with Crippen LogP contribution in [0.2, 0.25) is 0 Å². The smallest absolute Gasteiger partial charge is 0.253 e. The number of pyridine rings is 1. The van der Waals surface area contributed by atoms with Crippen LogP contribution in [0, 0.1) is 13.8 Å². The second-order valence-corrected chi connectivity index (χ2v) is 5.68. The summed E-state index contributed by atoms with van der Waals surface area (Å²) >= 11 is 0. The minimum absolute atomic E-state index is 0.0428. The number of hydrogen-bond acceptors (Lipinski definition) is 3. The molecule has 0 bridgehead atoms. The van der Waals surface area contributed by atoms with Crippen molar-refractivity contribution in [1.29, 1.82) is 0 Å². The number of nitrogens with zero attached hydrogens (tertiary/aromatic N) is 2. The summed E-state index contributed by atoms with van der Waals surface area (Å²) in [6, 6.07) is 5.81. The fourth-order valence-electron chi connectivity index (χ4n) is 2.98. The quantitative estimate of drug-likeness (QED) is 0.943. The van der Waals surface area contributed by atoms with E-state index in [0.717, 1.165) is 36.5 Å². The second kappa shape index (κ2) is 6.32. The summed E-state index contributed by atoms with van der Waals surface area (Å²) in [4.78, 5) is 16.6. The van der Waals surface area contributed by atoms with Crippen LogP contribution in [0.1, 0.15) is 34.6 Å². The minimum Gasteiger partial charge on any atom is -0.376 e. The highest BCUT2D eigenvalue weighted by Gasteiger charge is 2.20. The van der Waals surface area contributed by atoms with Crippen molar-refractivity contribution in [3.8, 4) is 5.69 Å². The molecule has 5 nitrogen and oxygen atoms in total. The van der Waals surface area contributed by atoms with Crippen LogP contribution in [0.5, 0.6) is 0 Å². The number of aromatic nitrogens is 2. The van der Waals surface area contributed by atoms with Crippen LogP contribution in [0.4, 0.5) is 0 Å². The Balaban J connectivity index is 1.78. The van der Waals surface area contributed by atoms with E-state index in [1.165, 1.54) is 0 Å². The summed E-state index contributed by atoms with van der Waals surface area (Å²) in [6.07, 6.45) is 5.80. The molecular weight excluding hydrogens is 278 g/mol. The zero-order chi connectivity index (χ0) is 15.5. The van der Waals surface area contributed by atoms with E-state index < -0.39 is 0 Å². The zero-order valence-corrected chi connectivity index (χ0v) is 13.0. The summed E-state index contributed by atoms with van der Waals surface area (Å²) in [5, 5.41) is 2.98. The Labute approximate surface area is 130 Å². The molecule has 1 fully saturated rings. The molecule has 1 N–H and O–H groups in total. The van der Waals surface area contributed by atoms with Crippen molar-refractivity contribution in [2.24, 2.45) is 0 Å². The summed E-state index contributed by atoms with van der Waals surface area (Å²) in [6.45, 7) is 5.34. The number of ether oxygens (including phenoxy) is 1. The Morgan fingerprint density at radius 2 is 2.36 bits per heavy atom. The van der Waals surface area contributed by atoms with Gasteiger partial charge in [-0.3, -0.25) is 9.78 Å². The van der Waals surface area contributed by atoms with Gasteiger partial charge in [-0.2, -0.15) is 0 Å². The Morgan fingerprint density at radius 1 is 1.50 bits per heavy atom.